The molecule has 3 aromatic rings. The lowest BCUT2D eigenvalue weighted by Crippen LogP contribution is -2.36. The van der Waals surface area contributed by atoms with Crippen LogP contribution in [-0.4, -0.2) is 35.1 Å². The second kappa shape index (κ2) is 8.79. The summed E-state index contributed by atoms with van der Waals surface area (Å²) >= 11 is 1.91. The monoisotopic (exact) mass is 434 g/mol. The van der Waals surface area contributed by atoms with E-state index in [1.165, 1.54) is 0 Å². The Morgan fingerprint density at radius 3 is 2.45 bits per heavy atom. The van der Waals surface area contributed by atoms with Gasteiger partial charge in [0.1, 0.15) is 6.61 Å². The zero-order valence-corrected chi connectivity index (χ0v) is 18.1. The number of ether oxygens (including phenoxy) is 1. The van der Waals surface area contributed by atoms with Gasteiger partial charge in [-0.3, -0.25) is 4.79 Å². The molecule has 2 fully saturated rings. The predicted octanol–water partition coefficient (Wildman–Crippen LogP) is 4.76. The van der Waals surface area contributed by atoms with Crippen molar-refractivity contribution in [3.63, 3.8) is 0 Å². The van der Waals surface area contributed by atoms with Crippen molar-refractivity contribution in [3.05, 3.63) is 60.2 Å². The molecule has 5 rings (SSSR count). The third kappa shape index (κ3) is 4.22. The number of esters is 1. The Labute approximate surface area is 185 Å². The Morgan fingerprint density at radius 2 is 1.71 bits per heavy atom. The van der Waals surface area contributed by atoms with E-state index in [0.717, 1.165) is 52.1 Å². The maximum absolute atomic E-state index is 12.4. The highest BCUT2D eigenvalue weighted by atomic mass is 32.2. The first kappa shape index (κ1) is 20.2. The summed E-state index contributed by atoms with van der Waals surface area (Å²) in [4.78, 5) is 23.9. The van der Waals surface area contributed by atoms with E-state index in [1.807, 2.05) is 36.0 Å². The number of carbonyl (C=O) groups excluding carboxylic acids is 2. The Kier molecular flexibility index (Phi) is 5.72. The van der Waals surface area contributed by atoms with Gasteiger partial charge < -0.3 is 15.4 Å². The van der Waals surface area contributed by atoms with Crippen LogP contribution < -0.4 is 10.6 Å². The van der Waals surface area contributed by atoms with Gasteiger partial charge in [0.2, 0.25) is 0 Å². The normalized spacial score (nSPS) is 22.3. The maximum atomic E-state index is 12.4. The van der Waals surface area contributed by atoms with Crippen molar-refractivity contribution < 1.29 is 14.3 Å². The lowest BCUT2D eigenvalue weighted by atomic mass is 9.97. The Balaban J connectivity index is 1.16. The van der Waals surface area contributed by atoms with E-state index in [2.05, 4.69) is 41.0 Å². The molecule has 2 heterocycles. The molecule has 2 amide bonds. The molecule has 5 nitrogen and oxygen atoms in total. The van der Waals surface area contributed by atoms with Gasteiger partial charge in [0.15, 0.2) is 0 Å². The van der Waals surface area contributed by atoms with Crippen LogP contribution in [-0.2, 0) is 16.1 Å². The lowest BCUT2D eigenvalue weighted by Gasteiger charge is -2.16. The number of urea groups is 1. The van der Waals surface area contributed by atoms with Gasteiger partial charge in [-0.15, -0.1) is 0 Å². The van der Waals surface area contributed by atoms with Crippen molar-refractivity contribution >= 4 is 45.3 Å². The van der Waals surface area contributed by atoms with Crippen molar-refractivity contribution in [1.29, 1.82) is 0 Å². The third-order valence-corrected chi connectivity index (χ3v) is 7.83. The predicted molar refractivity (Wildman–Crippen MR) is 125 cm³/mol. The highest BCUT2D eigenvalue weighted by molar-refractivity contribution is 8.00. The zero-order chi connectivity index (χ0) is 21.2. The largest absolute Gasteiger partial charge is 0.461 e. The topological polar surface area (TPSA) is 67.4 Å². The second-order valence-corrected chi connectivity index (χ2v) is 9.60. The molecule has 0 bridgehead atoms. The zero-order valence-electron chi connectivity index (χ0n) is 17.3. The van der Waals surface area contributed by atoms with Crippen LogP contribution in [0.15, 0.2) is 54.6 Å². The standard InChI is InChI=1S/C25H26N2O3S/c28-23(12-6-5-11-22-24-21(15-31-22)26-25(29)27-24)30-14-20-18-9-3-1-7-16(18)13-17-8-2-4-10-19(17)20/h1-4,7-10,13,21-22,24H,5-6,11-12,14-15H2,(H2,26,27,29)/t21-,22-,24-/m0/s1. The van der Waals surface area contributed by atoms with Gasteiger partial charge in [0.05, 0.1) is 12.1 Å². The molecule has 0 saturated carbocycles. The van der Waals surface area contributed by atoms with Crippen LogP contribution >= 0.6 is 11.8 Å². The SMILES string of the molecule is O=C1N[C@H]2[C@H](CS[C@H]2CCCCC(=O)OCc2c3ccccc3cc3ccccc23)N1. The van der Waals surface area contributed by atoms with Crippen molar-refractivity contribution in [2.24, 2.45) is 0 Å². The molecule has 31 heavy (non-hydrogen) atoms. The van der Waals surface area contributed by atoms with Crippen LogP contribution in [0.25, 0.3) is 21.5 Å². The van der Waals surface area contributed by atoms with Gasteiger partial charge in [-0.05, 0) is 40.5 Å². The van der Waals surface area contributed by atoms with Crippen molar-refractivity contribution in [2.45, 2.75) is 49.6 Å². The summed E-state index contributed by atoms with van der Waals surface area (Å²) in [6.45, 7) is 0.292. The molecule has 2 aliphatic rings. The Bertz CT molecular complexity index is 1080. The highest BCUT2D eigenvalue weighted by Gasteiger charge is 2.42. The minimum absolute atomic E-state index is 0.0511. The molecule has 3 atom stereocenters. The number of hydrogen-bond donors (Lipinski definition) is 2. The molecule has 2 N–H and O–H groups in total. The third-order valence-electron chi connectivity index (χ3n) is 6.32. The first-order valence-electron chi connectivity index (χ1n) is 10.9. The fourth-order valence-electron chi connectivity index (χ4n) is 4.75. The summed E-state index contributed by atoms with van der Waals surface area (Å²) in [6, 6.07) is 19.1. The van der Waals surface area contributed by atoms with Crippen LogP contribution in [0.3, 0.4) is 0 Å². The quantitative estimate of drug-likeness (QED) is 0.243. The average molecular weight is 435 g/mol. The Hall–Kier alpha value is -2.73. The molecular formula is C25H26N2O3S. The number of amides is 2. The molecule has 6 heteroatoms. The molecular weight excluding hydrogens is 408 g/mol. The molecule has 0 aliphatic carbocycles. The van der Waals surface area contributed by atoms with E-state index < -0.39 is 0 Å². The lowest BCUT2D eigenvalue weighted by molar-refractivity contribution is -0.145. The minimum atomic E-state index is -0.148. The van der Waals surface area contributed by atoms with Gasteiger partial charge in [-0.2, -0.15) is 11.8 Å². The summed E-state index contributed by atoms with van der Waals surface area (Å²) in [6.07, 6.45) is 3.21. The van der Waals surface area contributed by atoms with Gasteiger partial charge in [-0.1, -0.05) is 55.0 Å². The number of fused-ring (bicyclic) bond motifs is 3. The van der Waals surface area contributed by atoms with Crippen molar-refractivity contribution in [3.8, 4) is 0 Å². The van der Waals surface area contributed by atoms with E-state index in [1.54, 1.807) is 0 Å². The maximum Gasteiger partial charge on any atom is 0.315 e. The molecule has 2 aliphatic heterocycles. The van der Waals surface area contributed by atoms with E-state index >= 15 is 0 Å². The second-order valence-electron chi connectivity index (χ2n) is 8.33. The molecule has 2 saturated heterocycles. The van der Waals surface area contributed by atoms with Crippen LogP contribution in [0.1, 0.15) is 31.2 Å². The summed E-state index contributed by atoms with van der Waals surface area (Å²) in [5.74, 6) is 0.819. The number of benzene rings is 3. The van der Waals surface area contributed by atoms with E-state index in [0.29, 0.717) is 18.3 Å². The molecule has 0 unspecified atom stereocenters. The summed E-state index contributed by atoms with van der Waals surface area (Å²) in [5.41, 5.74) is 1.07. The molecule has 0 radical (unpaired) electrons. The van der Waals surface area contributed by atoms with Crippen molar-refractivity contribution in [2.75, 3.05) is 5.75 Å². The smallest absolute Gasteiger partial charge is 0.315 e. The van der Waals surface area contributed by atoms with E-state index in [9.17, 15) is 9.59 Å². The van der Waals surface area contributed by atoms with Crippen molar-refractivity contribution in [1.82, 2.24) is 10.6 Å². The number of unbranched alkanes of at least 4 members (excludes halogenated alkanes) is 1. The highest BCUT2D eigenvalue weighted by Crippen LogP contribution is 2.33. The summed E-state index contributed by atoms with van der Waals surface area (Å²) in [5, 5.41) is 11.0. The number of nitrogens with one attached hydrogen (secondary N) is 2. The Morgan fingerprint density at radius 1 is 1.00 bits per heavy atom. The fourth-order valence-corrected chi connectivity index (χ4v) is 6.29. The first-order valence-corrected chi connectivity index (χ1v) is 12.0. The van der Waals surface area contributed by atoms with Gasteiger partial charge in [0.25, 0.3) is 0 Å². The van der Waals surface area contributed by atoms with Crippen LogP contribution in [0.2, 0.25) is 0 Å². The number of thioether (sulfide) groups is 1. The summed E-state index contributed by atoms with van der Waals surface area (Å²) in [7, 11) is 0. The molecule has 3 aromatic carbocycles. The van der Waals surface area contributed by atoms with Gasteiger partial charge in [0, 0.05) is 23.0 Å². The van der Waals surface area contributed by atoms with Crippen LogP contribution in [0.4, 0.5) is 4.79 Å². The fraction of sp³-hybridized carbons (Fsp3) is 0.360. The van der Waals surface area contributed by atoms with Crippen LogP contribution in [0.5, 0.6) is 0 Å². The average Bonchev–Trinajstić information content (AvgIpc) is 3.33. The van der Waals surface area contributed by atoms with E-state index in [-0.39, 0.29) is 24.1 Å². The van der Waals surface area contributed by atoms with Gasteiger partial charge >= 0.3 is 12.0 Å². The van der Waals surface area contributed by atoms with Gasteiger partial charge in [-0.25, -0.2) is 4.79 Å². The number of rotatable bonds is 7. The first-order chi connectivity index (χ1) is 15.2. The molecule has 160 valence electrons. The summed E-state index contributed by atoms with van der Waals surface area (Å²) < 4.78 is 5.69. The molecule has 0 aromatic heterocycles. The van der Waals surface area contributed by atoms with E-state index in [4.69, 9.17) is 4.74 Å². The van der Waals surface area contributed by atoms with Crippen LogP contribution in [0, 0.1) is 0 Å². The number of hydrogen-bond acceptors (Lipinski definition) is 4. The minimum Gasteiger partial charge on any atom is -0.461 e. The number of carbonyl (C=O) groups is 2. The molecule has 0 spiro atoms.